The zero-order valence-electron chi connectivity index (χ0n) is 10.2. The van der Waals surface area contributed by atoms with E-state index in [1.807, 2.05) is 6.07 Å². The van der Waals surface area contributed by atoms with Crippen LogP contribution < -0.4 is 28.5 Å². The summed E-state index contributed by atoms with van der Waals surface area (Å²) in [7, 11) is 2.12. The molecule has 0 spiro atoms. The summed E-state index contributed by atoms with van der Waals surface area (Å²) in [6.45, 7) is 0. The first-order chi connectivity index (χ1) is 8.36. The molecule has 18 heavy (non-hydrogen) atoms. The molecule has 0 aliphatic heterocycles. The van der Waals surface area contributed by atoms with Crippen LogP contribution in [0, 0.1) is 0 Å². The standard InChI is InChI=1S/C16H14N.HI/c1-17-15-10-6-5-9-14(15)11-12-16(17)13-7-3-2-4-8-13;/h2-12H,1H3;1H/q+1;/p-1. The lowest BCUT2D eigenvalue weighted by molar-refractivity contribution is -0.633. The lowest BCUT2D eigenvalue weighted by Gasteiger charge is -2.03. The number of nitrogens with zero attached hydrogens (tertiary/aromatic N) is 1. The monoisotopic (exact) mass is 347 g/mol. The highest BCUT2D eigenvalue weighted by Gasteiger charge is 2.12. The normalized spacial score (nSPS) is 10.1. The van der Waals surface area contributed by atoms with E-state index < -0.39 is 0 Å². The lowest BCUT2D eigenvalue weighted by Crippen LogP contribution is -3.00. The molecule has 2 aromatic carbocycles. The number of fused-ring (bicyclic) bond motifs is 1. The zero-order chi connectivity index (χ0) is 11.7. The van der Waals surface area contributed by atoms with E-state index in [0.717, 1.165) is 0 Å². The maximum atomic E-state index is 2.24. The first-order valence-corrected chi connectivity index (χ1v) is 5.79. The summed E-state index contributed by atoms with van der Waals surface area (Å²) in [5, 5.41) is 1.27. The van der Waals surface area contributed by atoms with Gasteiger partial charge in [-0.1, -0.05) is 30.3 Å². The largest absolute Gasteiger partial charge is 1.00 e. The maximum absolute atomic E-state index is 2.24. The molecule has 2 heteroatoms. The van der Waals surface area contributed by atoms with Crippen molar-refractivity contribution in [3.05, 3.63) is 66.7 Å². The van der Waals surface area contributed by atoms with Gasteiger partial charge in [-0.2, -0.15) is 4.57 Å². The van der Waals surface area contributed by atoms with E-state index in [2.05, 4.69) is 72.3 Å². The minimum absolute atomic E-state index is 0. The van der Waals surface area contributed by atoms with Gasteiger partial charge >= 0.3 is 0 Å². The van der Waals surface area contributed by atoms with Gasteiger partial charge < -0.3 is 24.0 Å². The average molecular weight is 347 g/mol. The number of rotatable bonds is 1. The molecule has 3 aromatic rings. The third-order valence-electron chi connectivity index (χ3n) is 3.15. The SMILES string of the molecule is C[n+]1c(-c2ccccc2)ccc2ccccc21.[I-]. The predicted molar refractivity (Wildman–Crippen MR) is 70.6 cm³/mol. The summed E-state index contributed by atoms with van der Waals surface area (Å²) in [5.41, 5.74) is 3.75. The Morgan fingerprint density at radius 2 is 1.39 bits per heavy atom. The van der Waals surface area contributed by atoms with Crippen LogP contribution >= 0.6 is 0 Å². The number of benzene rings is 2. The number of aryl methyl sites for hydroxylation is 1. The molecule has 0 bridgehead atoms. The number of halogens is 1. The van der Waals surface area contributed by atoms with E-state index in [1.54, 1.807) is 0 Å². The van der Waals surface area contributed by atoms with Gasteiger partial charge in [0.15, 0.2) is 0 Å². The Morgan fingerprint density at radius 3 is 2.17 bits per heavy atom. The maximum Gasteiger partial charge on any atom is 0.212 e. The molecular formula is C16H14IN. The van der Waals surface area contributed by atoms with Gasteiger partial charge in [0.2, 0.25) is 11.2 Å². The molecule has 0 radical (unpaired) electrons. The van der Waals surface area contributed by atoms with Crippen LogP contribution in [-0.4, -0.2) is 0 Å². The summed E-state index contributed by atoms with van der Waals surface area (Å²) in [6, 6.07) is 23.3. The highest BCUT2D eigenvalue weighted by molar-refractivity contribution is 5.77. The van der Waals surface area contributed by atoms with Gasteiger partial charge in [-0.05, 0) is 24.3 Å². The Kier molecular flexibility index (Phi) is 3.97. The molecule has 1 aromatic heterocycles. The smallest absolute Gasteiger partial charge is 0.212 e. The zero-order valence-corrected chi connectivity index (χ0v) is 12.3. The van der Waals surface area contributed by atoms with Gasteiger partial charge in [0.25, 0.3) is 0 Å². The molecule has 0 aliphatic rings. The Morgan fingerprint density at radius 1 is 0.722 bits per heavy atom. The molecule has 0 N–H and O–H groups in total. The molecule has 0 fully saturated rings. The first kappa shape index (κ1) is 13.0. The van der Waals surface area contributed by atoms with Crippen LogP contribution in [0.1, 0.15) is 0 Å². The fourth-order valence-corrected chi connectivity index (χ4v) is 2.24. The van der Waals surface area contributed by atoms with Gasteiger partial charge in [0.05, 0.1) is 0 Å². The van der Waals surface area contributed by atoms with Crippen LogP contribution in [0.3, 0.4) is 0 Å². The molecule has 0 saturated heterocycles. The molecule has 0 saturated carbocycles. The number of pyridine rings is 1. The summed E-state index contributed by atoms with van der Waals surface area (Å²) < 4.78 is 2.24. The van der Waals surface area contributed by atoms with E-state index in [9.17, 15) is 0 Å². The second-order valence-corrected chi connectivity index (χ2v) is 4.20. The number of para-hydroxylation sites is 1. The van der Waals surface area contributed by atoms with Crippen LogP contribution in [0.5, 0.6) is 0 Å². The van der Waals surface area contributed by atoms with Crippen molar-refractivity contribution in [2.75, 3.05) is 0 Å². The van der Waals surface area contributed by atoms with Gasteiger partial charge in [-0.25, -0.2) is 0 Å². The van der Waals surface area contributed by atoms with E-state index in [0.29, 0.717) is 0 Å². The van der Waals surface area contributed by atoms with Gasteiger partial charge in [0.1, 0.15) is 7.05 Å². The molecule has 1 heterocycles. The summed E-state index contributed by atoms with van der Waals surface area (Å²) in [4.78, 5) is 0. The van der Waals surface area contributed by atoms with Crippen LogP contribution in [-0.2, 0) is 7.05 Å². The topological polar surface area (TPSA) is 3.88 Å². The minimum atomic E-state index is 0. The van der Waals surface area contributed by atoms with E-state index in [1.165, 1.54) is 22.2 Å². The molecular weight excluding hydrogens is 333 g/mol. The van der Waals surface area contributed by atoms with Crippen molar-refractivity contribution in [2.24, 2.45) is 7.05 Å². The molecule has 0 amide bonds. The van der Waals surface area contributed by atoms with Crippen LogP contribution in [0.25, 0.3) is 22.2 Å². The fourth-order valence-electron chi connectivity index (χ4n) is 2.24. The molecule has 90 valence electrons. The van der Waals surface area contributed by atoms with E-state index >= 15 is 0 Å². The minimum Gasteiger partial charge on any atom is -1.00 e. The fraction of sp³-hybridized carbons (Fsp3) is 0.0625. The number of hydrogen-bond acceptors (Lipinski definition) is 0. The summed E-state index contributed by atoms with van der Waals surface area (Å²) in [6.07, 6.45) is 0. The van der Waals surface area contributed by atoms with Crippen molar-refractivity contribution in [2.45, 2.75) is 0 Å². The third-order valence-corrected chi connectivity index (χ3v) is 3.15. The summed E-state index contributed by atoms with van der Waals surface area (Å²) in [5.74, 6) is 0. The van der Waals surface area contributed by atoms with Gasteiger partial charge in [-0.3, -0.25) is 0 Å². The second kappa shape index (κ2) is 5.48. The predicted octanol–water partition coefficient (Wildman–Crippen LogP) is 0.335. The van der Waals surface area contributed by atoms with Crippen LogP contribution in [0.2, 0.25) is 0 Å². The van der Waals surface area contributed by atoms with E-state index in [4.69, 9.17) is 0 Å². The third kappa shape index (κ3) is 2.25. The Balaban J connectivity index is 0.00000120. The van der Waals surface area contributed by atoms with E-state index in [-0.39, 0.29) is 24.0 Å². The quantitative estimate of drug-likeness (QED) is 0.442. The second-order valence-electron chi connectivity index (χ2n) is 4.20. The van der Waals surface area contributed by atoms with Crippen molar-refractivity contribution in [1.82, 2.24) is 0 Å². The Labute approximate surface area is 124 Å². The molecule has 1 nitrogen and oxygen atoms in total. The Bertz CT molecular complexity index is 662. The lowest BCUT2D eigenvalue weighted by atomic mass is 10.1. The van der Waals surface area contributed by atoms with Crippen molar-refractivity contribution in [1.29, 1.82) is 0 Å². The molecule has 0 atom stereocenters. The van der Waals surface area contributed by atoms with Crippen LogP contribution in [0.15, 0.2) is 66.7 Å². The van der Waals surface area contributed by atoms with Crippen molar-refractivity contribution >= 4 is 10.9 Å². The highest BCUT2D eigenvalue weighted by Crippen LogP contribution is 2.18. The van der Waals surface area contributed by atoms with Crippen molar-refractivity contribution in [3.8, 4) is 11.3 Å². The summed E-state index contributed by atoms with van der Waals surface area (Å²) >= 11 is 0. The van der Waals surface area contributed by atoms with Gasteiger partial charge in [0, 0.05) is 23.1 Å². The van der Waals surface area contributed by atoms with Crippen LogP contribution in [0.4, 0.5) is 0 Å². The van der Waals surface area contributed by atoms with Crippen molar-refractivity contribution in [3.63, 3.8) is 0 Å². The first-order valence-electron chi connectivity index (χ1n) is 5.79. The molecule has 3 rings (SSSR count). The Hall–Kier alpha value is -1.42. The molecule has 0 aliphatic carbocycles. The highest BCUT2D eigenvalue weighted by atomic mass is 127. The molecule has 0 unspecified atom stereocenters. The average Bonchev–Trinajstić information content (AvgIpc) is 2.40. The van der Waals surface area contributed by atoms with Gasteiger partial charge in [-0.15, -0.1) is 0 Å². The number of aromatic nitrogens is 1. The number of hydrogen-bond donors (Lipinski definition) is 0. The van der Waals surface area contributed by atoms with Crippen molar-refractivity contribution < 1.29 is 28.5 Å².